The van der Waals surface area contributed by atoms with Crippen LogP contribution in [0.2, 0.25) is 0 Å². The number of aryl methyl sites for hydroxylation is 10. The van der Waals surface area contributed by atoms with Crippen LogP contribution in [0.4, 0.5) is 0 Å². The minimum absolute atomic E-state index is 0.285. The molecular weight excluding hydrogens is 1170 g/mol. The molecule has 7 aromatic carbocycles. The molecule has 0 saturated heterocycles. The minimum Gasteiger partial charge on any atom is -0.0683 e. The van der Waals surface area contributed by atoms with E-state index in [-0.39, 0.29) is 5.41 Å². The van der Waals surface area contributed by atoms with Crippen molar-refractivity contribution in [3.8, 4) is 0 Å². The Bertz CT molecular complexity index is 2600. The Kier molecular flexibility index (Phi) is 74.4. The van der Waals surface area contributed by atoms with E-state index in [1.807, 2.05) is 13.8 Å². The SMILES string of the molecule is CC.CC(C)C.CCC.CCC(C)C.CCC(C)c1ccc(C)cc1.CCCCC.CCCCC.CCCCc1ccc(C)cc1.CCCc1ccc(C)cc1.CCc1ccc(C)cc1.Cc1ccc(C(C)(C)C)cc1.Cc1ccc(C(C)C)cc1.Cc1ccc(CC(C)C)cc1. The summed E-state index contributed by atoms with van der Waals surface area (Å²) in [5.74, 6) is 3.84. The van der Waals surface area contributed by atoms with Crippen molar-refractivity contribution in [2.45, 2.75) is 348 Å². The van der Waals surface area contributed by atoms with Crippen LogP contribution in [0.25, 0.3) is 0 Å². The lowest BCUT2D eigenvalue weighted by atomic mass is 9.87. The third-order valence-electron chi connectivity index (χ3n) is 15.0. The van der Waals surface area contributed by atoms with E-state index < -0.39 is 0 Å². The third kappa shape index (κ3) is 71.6. The normalized spacial score (nSPS) is 10.1. The molecule has 7 aromatic rings. The number of hydrogen-bond donors (Lipinski definition) is 0. The van der Waals surface area contributed by atoms with Crippen LogP contribution in [0.5, 0.6) is 0 Å². The first-order valence-electron chi connectivity index (χ1n) is 39.3. The number of unbranched alkanes of at least 4 members (excludes halogenated alkanes) is 5. The van der Waals surface area contributed by atoms with Crippen molar-refractivity contribution in [1.82, 2.24) is 0 Å². The second-order valence-electron chi connectivity index (χ2n) is 29.1. The standard InChI is InChI=1S/4C11H16.2C10H14.C9H12.3C5H12.C4H10.C3H8.C2H6/c1-9-5-7-10(8-6-9)11(2,3)4;1-9(2)8-11-6-4-10(3)5-7-11;1-4-10(3)11-7-5-9(2)6-8-11;1-3-4-5-11-8-6-10(2)7-9-11;1-8(2)10-6-4-9(3)5-7-10;1-3-4-10-7-5-9(2)6-8-10;1-3-9-6-4-8(2)5-7-9;1-4-5(2)3;2*1-3-5-4-2;1-4(2)3;1-3-2;1-2/h5-8H,1-4H3;4-7,9H,8H2,1-3H3;5-8,10H,4H2,1-3H3;6-9H,3-5H2,1-2H3;4-8H,1-3H3;5-8H,3-4H2,1-2H3;4-7H,3H2,1-2H3;5H,4H2,1-3H3;2*3-5H2,1-2H3;4H,1-3H3;3H2,1-2H3;1-2H3. The maximum atomic E-state index is 2.27. The largest absolute Gasteiger partial charge is 0.0683 e. The second kappa shape index (κ2) is 70.4. The van der Waals surface area contributed by atoms with Gasteiger partial charge in [0.15, 0.2) is 0 Å². The Balaban J connectivity index is -0.000000236. The van der Waals surface area contributed by atoms with E-state index in [0.717, 1.165) is 24.2 Å². The fourth-order valence-corrected chi connectivity index (χ4v) is 8.04. The Morgan fingerprint density at radius 3 is 0.773 bits per heavy atom. The molecule has 0 radical (unpaired) electrons. The number of rotatable bonds is 16. The van der Waals surface area contributed by atoms with Gasteiger partial charge >= 0.3 is 0 Å². The summed E-state index contributed by atoms with van der Waals surface area (Å²) in [5, 5.41) is 0. The fourth-order valence-electron chi connectivity index (χ4n) is 8.04. The molecular formula is C97H164. The molecule has 0 N–H and O–H groups in total. The molecule has 0 spiro atoms. The molecule has 1 unspecified atom stereocenters. The van der Waals surface area contributed by atoms with Gasteiger partial charge in [-0.25, -0.2) is 0 Å². The molecule has 1 atom stereocenters. The van der Waals surface area contributed by atoms with Gasteiger partial charge in [-0.05, 0) is 161 Å². The molecule has 7 rings (SSSR count). The van der Waals surface area contributed by atoms with Crippen molar-refractivity contribution in [2.24, 2.45) is 17.8 Å². The first kappa shape index (κ1) is 103. The van der Waals surface area contributed by atoms with E-state index in [4.69, 9.17) is 0 Å². The molecule has 0 aliphatic carbocycles. The smallest absolute Gasteiger partial charge is 0.0132 e. The maximum absolute atomic E-state index is 2.27. The summed E-state index contributed by atoms with van der Waals surface area (Å²) >= 11 is 0. The zero-order chi connectivity index (χ0) is 75.6. The molecule has 0 aliphatic rings. The van der Waals surface area contributed by atoms with Gasteiger partial charge in [0.2, 0.25) is 0 Å². The van der Waals surface area contributed by atoms with Crippen LogP contribution >= 0.6 is 0 Å². The molecule has 0 aromatic heterocycles. The van der Waals surface area contributed by atoms with Gasteiger partial charge in [-0.2, -0.15) is 0 Å². The summed E-state index contributed by atoms with van der Waals surface area (Å²) < 4.78 is 0. The van der Waals surface area contributed by atoms with E-state index in [9.17, 15) is 0 Å². The summed E-state index contributed by atoms with van der Waals surface area (Å²) in [5.41, 5.74) is 19.8. The Hall–Kier alpha value is -5.46. The van der Waals surface area contributed by atoms with E-state index in [2.05, 4.69) is 384 Å². The number of benzene rings is 7. The average molecular weight is 1330 g/mol. The lowest BCUT2D eigenvalue weighted by molar-refractivity contribution is 0.590. The highest BCUT2D eigenvalue weighted by Crippen LogP contribution is 2.22. The fraction of sp³-hybridized carbons (Fsp3) is 0.567. The highest BCUT2D eigenvalue weighted by atomic mass is 14.2. The quantitative estimate of drug-likeness (QED) is 0.0905. The lowest BCUT2D eigenvalue weighted by Gasteiger charge is -2.18. The van der Waals surface area contributed by atoms with Crippen LogP contribution in [0.15, 0.2) is 170 Å². The van der Waals surface area contributed by atoms with Gasteiger partial charge in [-0.1, -0.05) is 453 Å². The van der Waals surface area contributed by atoms with Gasteiger partial charge in [0.25, 0.3) is 0 Å². The molecule has 0 aliphatic heterocycles. The molecule has 0 saturated carbocycles. The van der Waals surface area contributed by atoms with Gasteiger partial charge in [0.05, 0.1) is 0 Å². The predicted molar refractivity (Wildman–Crippen MR) is 454 cm³/mol. The van der Waals surface area contributed by atoms with Crippen LogP contribution in [0, 0.1) is 66.2 Å². The predicted octanol–water partition coefficient (Wildman–Crippen LogP) is 32.5. The van der Waals surface area contributed by atoms with Crippen LogP contribution in [-0.4, -0.2) is 0 Å². The van der Waals surface area contributed by atoms with Crippen molar-refractivity contribution in [3.05, 3.63) is 248 Å². The highest BCUT2D eigenvalue weighted by Gasteiger charge is 2.12. The van der Waals surface area contributed by atoms with Gasteiger partial charge in [0.1, 0.15) is 0 Å². The molecule has 552 valence electrons. The summed E-state index contributed by atoms with van der Waals surface area (Å²) in [6.07, 6.45) is 20.5. The van der Waals surface area contributed by atoms with Gasteiger partial charge in [-0.3, -0.25) is 0 Å². The monoisotopic (exact) mass is 1330 g/mol. The highest BCUT2D eigenvalue weighted by molar-refractivity contribution is 5.28. The summed E-state index contributed by atoms with van der Waals surface area (Å²) in [4.78, 5) is 0. The molecule has 97 heavy (non-hydrogen) atoms. The topological polar surface area (TPSA) is 0 Å². The Morgan fingerprint density at radius 2 is 0.546 bits per heavy atom. The van der Waals surface area contributed by atoms with Crippen LogP contribution in [0.1, 0.15) is 347 Å². The first-order chi connectivity index (χ1) is 45.8. The molecule has 0 nitrogen and oxygen atoms in total. The lowest BCUT2D eigenvalue weighted by Crippen LogP contribution is -2.10. The summed E-state index contributed by atoms with van der Waals surface area (Å²) in [7, 11) is 0. The zero-order valence-corrected chi connectivity index (χ0v) is 70.9. The maximum Gasteiger partial charge on any atom is -0.0132 e. The van der Waals surface area contributed by atoms with Crippen LogP contribution in [0.3, 0.4) is 0 Å². The molecule has 0 heteroatoms. The zero-order valence-electron chi connectivity index (χ0n) is 70.9. The molecule has 0 bridgehead atoms. The second-order valence-corrected chi connectivity index (χ2v) is 29.1. The van der Waals surface area contributed by atoms with Gasteiger partial charge in [-0.15, -0.1) is 0 Å². The van der Waals surface area contributed by atoms with E-state index in [1.54, 1.807) is 0 Å². The molecule has 0 fully saturated rings. The Labute approximate surface area is 610 Å². The van der Waals surface area contributed by atoms with Crippen LogP contribution in [-0.2, 0) is 31.1 Å². The van der Waals surface area contributed by atoms with Gasteiger partial charge in [0, 0.05) is 0 Å². The molecule has 0 amide bonds. The Morgan fingerprint density at radius 1 is 0.289 bits per heavy atom. The van der Waals surface area contributed by atoms with Crippen molar-refractivity contribution in [1.29, 1.82) is 0 Å². The van der Waals surface area contributed by atoms with Crippen LogP contribution < -0.4 is 0 Å². The molecule has 0 heterocycles. The number of hydrogen-bond acceptors (Lipinski definition) is 0. The third-order valence-corrected chi connectivity index (χ3v) is 15.0. The van der Waals surface area contributed by atoms with Crippen molar-refractivity contribution >= 4 is 0 Å². The average Bonchev–Trinajstić information content (AvgIpc) is 1.05. The summed E-state index contributed by atoms with van der Waals surface area (Å²) in [6.45, 7) is 71.8. The van der Waals surface area contributed by atoms with E-state index in [1.165, 1.54) is 174 Å². The van der Waals surface area contributed by atoms with Crippen molar-refractivity contribution < 1.29 is 0 Å². The van der Waals surface area contributed by atoms with Crippen molar-refractivity contribution in [2.75, 3.05) is 0 Å². The van der Waals surface area contributed by atoms with Crippen molar-refractivity contribution in [3.63, 3.8) is 0 Å². The first-order valence-corrected chi connectivity index (χ1v) is 39.3. The van der Waals surface area contributed by atoms with Gasteiger partial charge < -0.3 is 0 Å². The van der Waals surface area contributed by atoms with E-state index >= 15 is 0 Å². The van der Waals surface area contributed by atoms with E-state index in [0.29, 0.717) is 11.8 Å². The minimum atomic E-state index is 0.285. The summed E-state index contributed by atoms with van der Waals surface area (Å²) in [6, 6.07) is 61.3.